The molecular weight excluding hydrogens is 464 g/mol. The average molecular weight is 485 g/mol. The number of hydrogen-bond donors (Lipinski definition) is 2. The van der Waals surface area contributed by atoms with Crippen LogP contribution in [0.4, 0.5) is 0 Å². The standard InChI is InChI=1S/C28H21ClN2O4/c29-22-16-21(28(33)27-20(22)12-7-15-30-27)26(31-25(32)17-34-19-10-5-2-6-11-19)24-14-13-23(35-24)18-8-3-1-4-9-18/h1-16,26,33H,17H2,(H,31,32). The highest BCUT2D eigenvalue weighted by atomic mass is 35.5. The van der Waals surface area contributed by atoms with Gasteiger partial charge in [0.05, 0.1) is 5.02 Å². The van der Waals surface area contributed by atoms with Crippen molar-refractivity contribution in [3.8, 4) is 22.8 Å². The SMILES string of the molecule is O=C(COc1ccccc1)NC(c1ccc(-c2ccccc2)o1)c1cc(Cl)c2cccnc2c1O. The van der Waals surface area contributed by atoms with Gasteiger partial charge >= 0.3 is 0 Å². The second-order valence-corrected chi connectivity index (χ2v) is 8.27. The van der Waals surface area contributed by atoms with Gasteiger partial charge in [-0.2, -0.15) is 0 Å². The van der Waals surface area contributed by atoms with E-state index in [-0.39, 0.29) is 12.4 Å². The zero-order valence-corrected chi connectivity index (χ0v) is 19.3. The molecule has 7 heteroatoms. The van der Waals surface area contributed by atoms with Crippen LogP contribution in [0, 0.1) is 0 Å². The van der Waals surface area contributed by atoms with E-state index in [2.05, 4.69) is 10.3 Å². The highest BCUT2D eigenvalue weighted by Crippen LogP contribution is 2.39. The average Bonchev–Trinajstić information content (AvgIpc) is 3.40. The van der Waals surface area contributed by atoms with Gasteiger partial charge in [0, 0.05) is 22.7 Å². The van der Waals surface area contributed by atoms with E-state index >= 15 is 0 Å². The van der Waals surface area contributed by atoms with Gasteiger partial charge in [-0.05, 0) is 42.5 Å². The van der Waals surface area contributed by atoms with Crippen LogP contribution in [0.2, 0.25) is 5.02 Å². The number of carbonyl (C=O) groups is 1. The monoisotopic (exact) mass is 484 g/mol. The molecule has 0 saturated carbocycles. The first-order valence-electron chi connectivity index (χ1n) is 11.0. The molecule has 1 atom stereocenters. The van der Waals surface area contributed by atoms with Crippen LogP contribution in [0.5, 0.6) is 11.5 Å². The maximum atomic E-state index is 12.9. The summed E-state index contributed by atoms with van der Waals surface area (Å²) in [4.78, 5) is 17.2. The highest BCUT2D eigenvalue weighted by Gasteiger charge is 2.26. The van der Waals surface area contributed by atoms with Crippen LogP contribution in [-0.4, -0.2) is 22.6 Å². The number of aromatic hydroxyl groups is 1. The van der Waals surface area contributed by atoms with Crippen LogP contribution in [0.15, 0.2) is 102 Å². The van der Waals surface area contributed by atoms with Gasteiger partial charge in [0.25, 0.3) is 5.91 Å². The molecule has 5 aromatic rings. The van der Waals surface area contributed by atoms with Gasteiger partial charge in [0.1, 0.15) is 34.6 Å². The molecule has 0 fully saturated rings. The Morgan fingerprint density at radius 3 is 2.51 bits per heavy atom. The molecule has 0 bridgehead atoms. The number of rotatable bonds is 7. The number of halogens is 1. The van der Waals surface area contributed by atoms with Crippen LogP contribution in [0.3, 0.4) is 0 Å². The van der Waals surface area contributed by atoms with Crippen LogP contribution in [0.1, 0.15) is 17.4 Å². The van der Waals surface area contributed by atoms with Crippen molar-refractivity contribution in [1.82, 2.24) is 10.3 Å². The molecule has 3 aromatic carbocycles. The smallest absolute Gasteiger partial charge is 0.258 e. The summed E-state index contributed by atoms with van der Waals surface area (Å²) >= 11 is 6.53. The maximum absolute atomic E-state index is 12.9. The summed E-state index contributed by atoms with van der Waals surface area (Å²) in [5.74, 6) is 1.15. The van der Waals surface area contributed by atoms with Crippen LogP contribution in [-0.2, 0) is 4.79 Å². The Kier molecular flexibility index (Phi) is 6.37. The number of nitrogens with zero attached hydrogens (tertiary/aromatic N) is 1. The Balaban J connectivity index is 1.51. The molecule has 0 aliphatic carbocycles. The number of pyridine rings is 1. The summed E-state index contributed by atoms with van der Waals surface area (Å²) in [6, 6.07) is 26.6. The lowest BCUT2D eigenvalue weighted by atomic mass is 10.0. The molecule has 0 aliphatic rings. The Morgan fingerprint density at radius 2 is 1.74 bits per heavy atom. The number of phenolic OH excluding ortho intramolecular Hbond substituents is 1. The number of hydrogen-bond acceptors (Lipinski definition) is 5. The second-order valence-electron chi connectivity index (χ2n) is 7.87. The normalized spacial score (nSPS) is 11.8. The van der Waals surface area contributed by atoms with Crippen molar-refractivity contribution in [3.05, 3.63) is 114 Å². The molecule has 1 unspecified atom stereocenters. The first kappa shape index (κ1) is 22.5. The van der Waals surface area contributed by atoms with E-state index < -0.39 is 11.9 Å². The lowest BCUT2D eigenvalue weighted by Gasteiger charge is -2.20. The molecule has 0 radical (unpaired) electrons. The molecule has 1 amide bonds. The third kappa shape index (κ3) is 4.83. The number of amides is 1. The minimum Gasteiger partial charge on any atom is -0.505 e. The topological polar surface area (TPSA) is 84.6 Å². The molecule has 2 aromatic heterocycles. The van der Waals surface area contributed by atoms with Gasteiger partial charge < -0.3 is 19.6 Å². The molecule has 35 heavy (non-hydrogen) atoms. The number of benzene rings is 3. The fraction of sp³-hybridized carbons (Fsp3) is 0.0714. The molecule has 5 rings (SSSR count). The summed E-state index contributed by atoms with van der Waals surface area (Å²) in [6.07, 6.45) is 1.57. The van der Waals surface area contributed by atoms with E-state index in [1.165, 1.54) is 0 Å². The number of nitrogens with one attached hydrogen (secondary N) is 1. The van der Waals surface area contributed by atoms with E-state index in [1.807, 2.05) is 54.6 Å². The van der Waals surface area contributed by atoms with E-state index in [1.54, 1.807) is 42.6 Å². The van der Waals surface area contributed by atoms with Gasteiger partial charge in [0.15, 0.2) is 6.61 Å². The van der Waals surface area contributed by atoms with Crippen LogP contribution < -0.4 is 10.1 Å². The predicted octanol–water partition coefficient (Wildman–Crippen LogP) is 6.14. The first-order chi connectivity index (χ1) is 17.1. The molecule has 2 heterocycles. The summed E-state index contributed by atoms with van der Waals surface area (Å²) in [7, 11) is 0. The fourth-order valence-electron chi connectivity index (χ4n) is 3.86. The molecule has 6 nitrogen and oxygen atoms in total. The van der Waals surface area contributed by atoms with Crippen LogP contribution in [0.25, 0.3) is 22.2 Å². The Hall–Kier alpha value is -4.29. The predicted molar refractivity (Wildman–Crippen MR) is 134 cm³/mol. The van der Waals surface area contributed by atoms with Crippen molar-refractivity contribution in [2.24, 2.45) is 0 Å². The van der Waals surface area contributed by atoms with Gasteiger partial charge in [-0.1, -0.05) is 60.1 Å². The van der Waals surface area contributed by atoms with Gasteiger partial charge in [-0.3, -0.25) is 9.78 Å². The van der Waals surface area contributed by atoms with Crippen molar-refractivity contribution in [3.63, 3.8) is 0 Å². The zero-order chi connectivity index (χ0) is 24.2. The quantitative estimate of drug-likeness (QED) is 0.290. The van der Waals surface area contributed by atoms with Crippen molar-refractivity contribution < 1.29 is 19.1 Å². The maximum Gasteiger partial charge on any atom is 0.258 e. The number of furan rings is 1. The van der Waals surface area contributed by atoms with Crippen LogP contribution >= 0.6 is 11.6 Å². The molecule has 0 saturated heterocycles. The number of phenols is 1. The van der Waals surface area contributed by atoms with E-state index in [4.69, 9.17) is 20.8 Å². The van der Waals surface area contributed by atoms with Crippen molar-refractivity contribution in [1.29, 1.82) is 0 Å². The summed E-state index contributed by atoms with van der Waals surface area (Å²) < 4.78 is 11.7. The molecular formula is C28H21ClN2O4. The number of ether oxygens (including phenoxy) is 1. The first-order valence-corrected chi connectivity index (χ1v) is 11.4. The Bertz CT molecular complexity index is 1470. The zero-order valence-electron chi connectivity index (χ0n) is 18.5. The van der Waals surface area contributed by atoms with Gasteiger partial charge in [-0.15, -0.1) is 0 Å². The van der Waals surface area contributed by atoms with Crippen molar-refractivity contribution in [2.45, 2.75) is 6.04 Å². The lowest BCUT2D eigenvalue weighted by Crippen LogP contribution is -2.33. The molecule has 174 valence electrons. The lowest BCUT2D eigenvalue weighted by molar-refractivity contribution is -0.123. The van der Waals surface area contributed by atoms with E-state index in [9.17, 15) is 9.90 Å². The number of carbonyl (C=O) groups excluding carboxylic acids is 1. The number of para-hydroxylation sites is 1. The summed E-state index contributed by atoms with van der Waals surface area (Å²) in [5.41, 5.74) is 1.59. The number of fused-ring (bicyclic) bond motifs is 1. The number of aromatic nitrogens is 1. The van der Waals surface area contributed by atoms with Crippen molar-refractivity contribution >= 4 is 28.4 Å². The molecule has 0 aliphatic heterocycles. The summed E-state index contributed by atoms with van der Waals surface area (Å²) in [6.45, 7) is -0.215. The minimum absolute atomic E-state index is 0.0862. The van der Waals surface area contributed by atoms with Gasteiger partial charge in [-0.25, -0.2) is 0 Å². The fourth-order valence-corrected chi connectivity index (χ4v) is 4.13. The van der Waals surface area contributed by atoms with E-state index in [0.29, 0.717) is 38.8 Å². The Labute approximate surface area is 206 Å². The van der Waals surface area contributed by atoms with E-state index in [0.717, 1.165) is 5.56 Å². The minimum atomic E-state index is -0.830. The summed E-state index contributed by atoms with van der Waals surface area (Å²) in [5, 5.41) is 15.0. The van der Waals surface area contributed by atoms with Crippen molar-refractivity contribution in [2.75, 3.05) is 6.61 Å². The third-order valence-corrected chi connectivity index (χ3v) is 5.86. The second kappa shape index (κ2) is 9.91. The Morgan fingerprint density at radius 1 is 1.00 bits per heavy atom. The third-order valence-electron chi connectivity index (χ3n) is 5.54. The van der Waals surface area contributed by atoms with Gasteiger partial charge in [0.2, 0.25) is 0 Å². The molecule has 0 spiro atoms. The largest absolute Gasteiger partial charge is 0.505 e. The molecule has 2 N–H and O–H groups in total. The highest BCUT2D eigenvalue weighted by molar-refractivity contribution is 6.35.